The second-order valence-corrected chi connectivity index (χ2v) is 20.1. The van der Waals surface area contributed by atoms with Crippen LogP contribution in [0, 0.1) is 0 Å². The van der Waals surface area contributed by atoms with E-state index >= 15 is 0 Å². The molecule has 4 aromatic rings. The van der Waals surface area contributed by atoms with Crippen molar-refractivity contribution in [3.63, 3.8) is 0 Å². The number of nitrogens with zero attached hydrogens (tertiary/aromatic N) is 4. The number of amides is 6. The Hall–Kier alpha value is -5.92. The average Bonchev–Trinajstić information content (AvgIpc) is 3.51. The third kappa shape index (κ3) is 10.7. The Labute approximate surface area is 371 Å². The van der Waals surface area contributed by atoms with Crippen molar-refractivity contribution in [2.24, 2.45) is 0 Å². The van der Waals surface area contributed by atoms with Crippen LogP contribution in [0.2, 0.25) is 5.02 Å². The number of hydrogen-bond donors (Lipinski definition) is 3. The van der Waals surface area contributed by atoms with Crippen LogP contribution in [0.15, 0.2) is 66.9 Å². The van der Waals surface area contributed by atoms with Crippen molar-refractivity contribution in [1.29, 1.82) is 0 Å². The molecule has 3 N–H and O–H groups in total. The SMILES string of the molecule is COc1cc(N2CCC(NC(=O)CCCCCC(=O)Nc3cccc4c3C(=O)N(C3CCC(=O)NC3=O)C4=O)CC2)ccc1Cc1ncc(Cl)c(Cc2ccccc2P(C)(C)=O)n1. The quantitative estimate of drug-likeness (QED) is 0.0715. The number of unbranched alkanes of at least 4 members (excludes halogenated alkanes) is 2. The lowest BCUT2D eigenvalue weighted by atomic mass is 10.0. The van der Waals surface area contributed by atoms with Gasteiger partial charge in [-0.15, -0.1) is 0 Å². The maximum Gasteiger partial charge on any atom is 0.264 e. The zero-order valence-electron chi connectivity index (χ0n) is 35.6. The smallest absolute Gasteiger partial charge is 0.264 e. The Bertz CT molecular complexity index is 2500. The first-order valence-electron chi connectivity index (χ1n) is 21.2. The van der Waals surface area contributed by atoms with E-state index in [1.807, 2.05) is 36.4 Å². The molecule has 15 nitrogen and oxygen atoms in total. The summed E-state index contributed by atoms with van der Waals surface area (Å²) >= 11 is 6.54. The molecule has 1 aromatic heterocycles. The number of carbonyl (C=O) groups is 6. The van der Waals surface area contributed by atoms with Gasteiger partial charge in [-0.1, -0.05) is 54.4 Å². The van der Waals surface area contributed by atoms with Gasteiger partial charge in [-0.05, 0) is 69.2 Å². The fraction of sp³-hybridized carbons (Fsp3) is 0.391. The number of piperidine rings is 2. The topological polar surface area (TPSA) is 197 Å². The molecule has 0 spiro atoms. The monoisotopic (exact) mass is 895 g/mol. The van der Waals surface area contributed by atoms with Gasteiger partial charge in [0.25, 0.3) is 11.8 Å². The van der Waals surface area contributed by atoms with Gasteiger partial charge in [-0.3, -0.25) is 39.0 Å². The van der Waals surface area contributed by atoms with Gasteiger partial charge in [0, 0.05) is 80.1 Å². The van der Waals surface area contributed by atoms with Crippen molar-refractivity contribution in [3.8, 4) is 5.75 Å². The fourth-order valence-corrected chi connectivity index (χ4v) is 9.88. The maximum atomic E-state index is 13.3. The molecule has 17 heteroatoms. The molecular formula is C46H51ClN7O8P. The van der Waals surface area contributed by atoms with Crippen LogP contribution in [-0.2, 0) is 36.6 Å². The molecule has 3 aromatic carbocycles. The summed E-state index contributed by atoms with van der Waals surface area (Å²) in [6.45, 7) is 5.04. The van der Waals surface area contributed by atoms with Crippen molar-refractivity contribution in [2.75, 3.05) is 43.7 Å². The van der Waals surface area contributed by atoms with Crippen molar-refractivity contribution in [1.82, 2.24) is 25.5 Å². The van der Waals surface area contributed by atoms with Crippen LogP contribution in [0.1, 0.15) is 101 Å². The summed E-state index contributed by atoms with van der Waals surface area (Å²) in [6, 6.07) is 17.3. The number of rotatable bonds is 16. The van der Waals surface area contributed by atoms with Gasteiger partial charge in [-0.2, -0.15) is 0 Å². The average molecular weight is 896 g/mol. The fourth-order valence-electron chi connectivity index (χ4n) is 8.43. The van der Waals surface area contributed by atoms with Crippen molar-refractivity contribution < 1.29 is 38.1 Å². The van der Waals surface area contributed by atoms with Gasteiger partial charge in [0.05, 0.1) is 34.6 Å². The molecule has 0 bridgehead atoms. The number of hydrogen-bond acceptors (Lipinski definition) is 11. The Kier molecular flexibility index (Phi) is 14.1. The molecule has 7 rings (SSSR count). The second-order valence-electron chi connectivity index (χ2n) is 16.5. The van der Waals surface area contributed by atoms with E-state index in [1.54, 1.807) is 32.7 Å². The molecule has 0 saturated carbocycles. The van der Waals surface area contributed by atoms with E-state index in [-0.39, 0.29) is 53.9 Å². The predicted octanol–water partition coefficient (Wildman–Crippen LogP) is 5.64. The number of aromatic nitrogens is 2. The standard InChI is InChI=1S/C46H51ClN7O8P/c1-62-37-26-31(17-16-28(37)25-39-48-27-33(47)35(50-39)24-29-10-7-8-13-38(29)63(2,3)61)53-22-20-30(21-23-53)49-40(55)14-5-4-6-15-41(56)51-34-12-9-11-32-43(34)46(60)54(45(32)59)36-18-19-42(57)52-44(36)58/h7-13,16-17,26-27,30,36H,4-6,14-15,18-25H2,1-3H3,(H,49,55)(H,51,56)(H,52,57,58). The van der Waals surface area contributed by atoms with Crippen LogP contribution in [-0.4, -0.2) is 95.9 Å². The molecule has 2 saturated heterocycles. The molecule has 0 aliphatic carbocycles. The van der Waals surface area contributed by atoms with E-state index in [1.165, 1.54) is 12.1 Å². The summed E-state index contributed by atoms with van der Waals surface area (Å²) < 4.78 is 18.7. The maximum absolute atomic E-state index is 13.3. The Morgan fingerprint density at radius 1 is 0.889 bits per heavy atom. The molecule has 63 heavy (non-hydrogen) atoms. The molecule has 3 aliphatic heterocycles. The molecule has 6 amide bonds. The Morgan fingerprint density at radius 3 is 2.37 bits per heavy atom. The summed E-state index contributed by atoms with van der Waals surface area (Å²) in [5.74, 6) is -1.54. The van der Waals surface area contributed by atoms with Crippen LogP contribution >= 0.6 is 18.7 Å². The van der Waals surface area contributed by atoms with Gasteiger partial charge in [0.2, 0.25) is 23.6 Å². The number of nitrogens with one attached hydrogen (secondary N) is 3. The zero-order chi connectivity index (χ0) is 44.8. The van der Waals surface area contributed by atoms with E-state index in [0.717, 1.165) is 58.7 Å². The lowest BCUT2D eigenvalue weighted by Gasteiger charge is -2.34. The number of halogens is 1. The van der Waals surface area contributed by atoms with Crippen molar-refractivity contribution >= 4 is 70.9 Å². The van der Waals surface area contributed by atoms with Gasteiger partial charge in [0.1, 0.15) is 24.8 Å². The highest BCUT2D eigenvalue weighted by Crippen LogP contribution is 2.37. The van der Waals surface area contributed by atoms with E-state index in [2.05, 4.69) is 31.9 Å². The summed E-state index contributed by atoms with van der Waals surface area (Å²) in [5, 5.41) is 9.35. The van der Waals surface area contributed by atoms with Crippen LogP contribution in [0.4, 0.5) is 11.4 Å². The zero-order valence-corrected chi connectivity index (χ0v) is 37.2. The van der Waals surface area contributed by atoms with Gasteiger partial charge in [0.15, 0.2) is 0 Å². The molecule has 330 valence electrons. The summed E-state index contributed by atoms with van der Waals surface area (Å²) in [4.78, 5) is 88.6. The molecule has 1 unspecified atom stereocenters. The molecule has 1 atom stereocenters. The summed E-state index contributed by atoms with van der Waals surface area (Å²) in [5.41, 5.74) is 3.86. The molecule has 4 heterocycles. The van der Waals surface area contributed by atoms with Gasteiger partial charge in [-0.25, -0.2) is 9.97 Å². The van der Waals surface area contributed by atoms with E-state index in [4.69, 9.17) is 21.3 Å². The van der Waals surface area contributed by atoms with Crippen LogP contribution in [0.5, 0.6) is 5.75 Å². The van der Waals surface area contributed by atoms with Gasteiger partial charge >= 0.3 is 0 Å². The highest BCUT2D eigenvalue weighted by atomic mass is 35.5. The largest absolute Gasteiger partial charge is 0.496 e. The van der Waals surface area contributed by atoms with E-state index < -0.39 is 36.8 Å². The number of fused-ring (bicyclic) bond motifs is 1. The van der Waals surface area contributed by atoms with Crippen LogP contribution < -0.4 is 30.9 Å². The predicted molar refractivity (Wildman–Crippen MR) is 239 cm³/mol. The number of carbonyl (C=O) groups excluding carboxylic acids is 6. The second kappa shape index (κ2) is 19.6. The Morgan fingerprint density at radius 2 is 1.63 bits per heavy atom. The molecule has 2 fully saturated rings. The van der Waals surface area contributed by atoms with Crippen molar-refractivity contribution in [2.45, 2.75) is 82.7 Å². The first kappa shape index (κ1) is 45.1. The number of anilines is 2. The number of imide groups is 2. The third-order valence-electron chi connectivity index (χ3n) is 11.7. The number of ether oxygens (including phenoxy) is 1. The minimum absolute atomic E-state index is 0.0119. The molecule has 0 radical (unpaired) electrons. The minimum Gasteiger partial charge on any atom is -0.496 e. The minimum atomic E-state index is -2.50. The highest BCUT2D eigenvalue weighted by molar-refractivity contribution is 7.70. The van der Waals surface area contributed by atoms with E-state index in [0.29, 0.717) is 55.1 Å². The van der Waals surface area contributed by atoms with Crippen molar-refractivity contribution in [3.05, 3.63) is 106 Å². The third-order valence-corrected chi connectivity index (χ3v) is 13.6. The van der Waals surface area contributed by atoms with Gasteiger partial charge < -0.3 is 24.8 Å². The molecular weight excluding hydrogens is 845 g/mol. The Balaban J connectivity index is 0.833. The first-order valence-corrected chi connectivity index (χ1v) is 24.2. The lowest BCUT2D eigenvalue weighted by Crippen LogP contribution is -2.54. The number of benzene rings is 3. The lowest BCUT2D eigenvalue weighted by molar-refractivity contribution is -0.136. The van der Waals surface area contributed by atoms with Crippen LogP contribution in [0.25, 0.3) is 0 Å². The highest BCUT2D eigenvalue weighted by Gasteiger charge is 2.45. The molecule has 3 aliphatic rings. The van der Waals surface area contributed by atoms with E-state index in [9.17, 15) is 33.3 Å². The summed E-state index contributed by atoms with van der Waals surface area (Å²) in [7, 11) is -0.858. The first-order chi connectivity index (χ1) is 30.2. The number of methoxy groups -OCH3 is 1. The van der Waals surface area contributed by atoms with Crippen LogP contribution in [0.3, 0.4) is 0 Å². The summed E-state index contributed by atoms with van der Waals surface area (Å²) in [6.07, 6.45) is 6.39. The normalized spacial score (nSPS) is 16.8.